The van der Waals surface area contributed by atoms with Crippen LogP contribution < -0.4 is 5.32 Å². The quantitative estimate of drug-likeness (QED) is 0.622. The summed E-state index contributed by atoms with van der Waals surface area (Å²) in [5, 5.41) is 3.63. The molecule has 1 N–H and O–H groups in total. The zero-order valence-corrected chi connectivity index (χ0v) is 15.2. The normalized spacial score (nSPS) is 12.0. The fourth-order valence-corrected chi connectivity index (χ4v) is 3.09. The van der Waals surface area contributed by atoms with Crippen molar-refractivity contribution in [1.29, 1.82) is 0 Å². The van der Waals surface area contributed by atoms with Crippen LogP contribution in [0, 0.1) is 3.57 Å². The molecule has 104 valence electrons. The Morgan fingerprint density at radius 3 is 2.70 bits per heavy atom. The highest BCUT2D eigenvalue weighted by atomic mass is 127. The predicted octanol–water partition coefficient (Wildman–Crippen LogP) is 5.20. The molecule has 1 atom stereocenters. The van der Waals surface area contributed by atoms with E-state index in [1.54, 1.807) is 0 Å². The van der Waals surface area contributed by atoms with E-state index >= 15 is 0 Å². The molecular weight excluding hydrogens is 452 g/mol. The molecule has 0 aliphatic rings. The molecule has 0 heterocycles. The first-order chi connectivity index (χ1) is 9.49. The molecule has 1 amide bonds. The van der Waals surface area contributed by atoms with Crippen LogP contribution in [-0.2, 0) is 0 Å². The lowest BCUT2D eigenvalue weighted by molar-refractivity contribution is 0.0939. The standard InChI is InChI=1S/C15H12BrClINO/c1-9(11-4-2-3-5-13(11)17)19-15(20)12-8-10(16)6-7-14(12)18/h2-9H,1H3,(H,19,20). The number of benzene rings is 2. The van der Waals surface area contributed by atoms with Crippen LogP contribution in [0.2, 0.25) is 5.02 Å². The SMILES string of the molecule is CC(NC(=O)c1cc(Br)ccc1I)c1ccccc1Cl. The van der Waals surface area contributed by atoms with Crippen molar-refractivity contribution in [2.24, 2.45) is 0 Å². The first-order valence-corrected chi connectivity index (χ1v) is 8.24. The Morgan fingerprint density at radius 1 is 1.30 bits per heavy atom. The van der Waals surface area contributed by atoms with E-state index in [0.29, 0.717) is 10.6 Å². The third kappa shape index (κ3) is 3.74. The second kappa shape index (κ2) is 6.91. The molecule has 0 aliphatic heterocycles. The van der Waals surface area contributed by atoms with Crippen molar-refractivity contribution in [2.45, 2.75) is 13.0 Å². The summed E-state index contributed by atoms with van der Waals surface area (Å²) in [6.45, 7) is 1.92. The van der Waals surface area contributed by atoms with Gasteiger partial charge in [0.05, 0.1) is 11.6 Å². The lowest BCUT2D eigenvalue weighted by Gasteiger charge is -2.16. The average Bonchev–Trinajstić information content (AvgIpc) is 2.41. The average molecular weight is 465 g/mol. The van der Waals surface area contributed by atoms with Gasteiger partial charge in [0.1, 0.15) is 0 Å². The topological polar surface area (TPSA) is 29.1 Å². The van der Waals surface area contributed by atoms with Crippen LogP contribution in [0.25, 0.3) is 0 Å². The third-order valence-corrected chi connectivity index (χ3v) is 4.67. The van der Waals surface area contributed by atoms with Gasteiger partial charge < -0.3 is 5.32 Å². The van der Waals surface area contributed by atoms with E-state index in [9.17, 15) is 4.79 Å². The van der Waals surface area contributed by atoms with Crippen molar-refractivity contribution in [2.75, 3.05) is 0 Å². The van der Waals surface area contributed by atoms with Gasteiger partial charge in [-0.15, -0.1) is 0 Å². The molecule has 5 heteroatoms. The summed E-state index contributed by atoms with van der Waals surface area (Å²) < 4.78 is 1.79. The first kappa shape index (κ1) is 15.8. The Kier molecular flexibility index (Phi) is 5.46. The molecule has 0 aliphatic carbocycles. The van der Waals surface area contributed by atoms with Crippen molar-refractivity contribution < 1.29 is 4.79 Å². The van der Waals surface area contributed by atoms with Crippen molar-refractivity contribution in [3.63, 3.8) is 0 Å². The van der Waals surface area contributed by atoms with E-state index < -0.39 is 0 Å². The molecule has 0 aromatic heterocycles. The molecule has 2 aromatic rings. The largest absolute Gasteiger partial charge is 0.345 e. The highest BCUT2D eigenvalue weighted by molar-refractivity contribution is 14.1. The minimum atomic E-state index is -0.147. The smallest absolute Gasteiger partial charge is 0.252 e. The van der Waals surface area contributed by atoms with Crippen LogP contribution in [0.15, 0.2) is 46.9 Å². The van der Waals surface area contributed by atoms with Gasteiger partial charge >= 0.3 is 0 Å². The zero-order valence-electron chi connectivity index (χ0n) is 10.7. The monoisotopic (exact) mass is 463 g/mol. The van der Waals surface area contributed by atoms with Crippen LogP contribution in [0.3, 0.4) is 0 Å². The summed E-state index contributed by atoms with van der Waals surface area (Å²) in [6, 6.07) is 13.0. The number of carbonyl (C=O) groups excluding carboxylic acids is 1. The Labute approximate surface area is 145 Å². The van der Waals surface area contributed by atoms with Gasteiger partial charge in [-0.05, 0) is 59.3 Å². The minimum absolute atomic E-state index is 0.108. The van der Waals surface area contributed by atoms with Crippen LogP contribution in [0.1, 0.15) is 28.9 Å². The summed E-state index contributed by atoms with van der Waals surface area (Å²) in [5.74, 6) is -0.108. The van der Waals surface area contributed by atoms with Gasteiger partial charge in [0, 0.05) is 13.1 Å². The molecule has 2 aromatic carbocycles. The van der Waals surface area contributed by atoms with Crippen LogP contribution in [-0.4, -0.2) is 5.91 Å². The number of halogens is 3. The molecule has 2 nitrogen and oxygen atoms in total. The summed E-state index contributed by atoms with van der Waals surface area (Å²) in [5.41, 5.74) is 1.56. The Balaban J connectivity index is 2.20. The second-order valence-corrected chi connectivity index (χ2v) is 6.83. The summed E-state index contributed by atoms with van der Waals surface area (Å²) >= 11 is 11.7. The highest BCUT2D eigenvalue weighted by Crippen LogP contribution is 2.24. The predicted molar refractivity (Wildman–Crippen MR) is 94.2 cm³/mol. The minimum Gasteiger partial charge on any atom is -0.345 e. The van der Waals surface area contributed by atoms with Gasteiger partial charge in [0.2, 0.25) is 0 Å². The van der Waals surface area contributed by atoms with E-state index in [1.165, 1.54) is 0 Å². The molecule has 0 saturated heterocycles. The van der Waals surface area contributed by atoms with Crippen LogP contribution >= 0.6 is 50.1 Å². The van der Waals surface area contributed by atoms with Gasteiger partial charge in [-0.25, -0.2) is 0 Å². The van der Waals surface area contributed by atoms with Crippen molar-refractivity contribution in [1.82, 2.24) is 5.32 Å². The molecule has 0 radical (unpaired) electrons. The number of hydrogen-bond acceptors (Lipinski definition) is 1. The van der Waals surface area contributed by atoms with Crippen LogP contribution in [0.4, 0.5) is 0 Å². The maximum Gasteiger partial charge on any atom is 0.252 e. The molecule has 2 rings (SSSR count). The van der Waals surface area contributed by atoms with Crippen molar-refractivity contribution in [3.05, 3.63) is 66.7 Å². The Bertz CT molecular complexity index is 648. The summed E-state index contributed by atoms with van der Waals surface area (Å²) in [4.78, 5) is 12.3. The van der Waals surface area contributed by atoms with Crippen molar-refractivity contribution >= 4 is 56.0 Å². The molecule has 0 saturated carbocycles. The number of amides is 1. The third-order valence-electron chi connectivity index (χ3n) is 2.89. The van der Waals surface area contributed by atoms with E-state index in [-0.39, 0.29) is 11.9 Å². The van der Waals surface area contributed by atoms with E-state index in [2.05, 4.69) is 43.8 Å². The van der Waals surface area contributed by atoms with Gasteiger partial charge in [0.25, 0.3) is 5.91 Å². The first-order valence-electron chi connectivity index (χ1n) is 5.99. The van der Waals surface area contributed by atoms with Gasteiger partial charge in [-0.3, -0.25) is 4.79 Å². The molecular formula is C15H12BrClINO. The molecule has 0 fully saturated rings. The summed E-state index contributed by atoms with van der Waals surface area (Å²) in [6.07, 6.45) is 0. The highest BCUT2D eigenvalue weighted by Gasteiger charge is 2.15. The molecule has 0 spiro atoms. The maximum absolute atomic E-state index is 12.3. The van der Waals surface area contributed by atoms with E-state index in [1.807, 2.05) is 49.4 Å². The van der Waals surface area contributed by atoms with E-state index in [4.69, 9.17) is 11.6 Å². The molecule has 1 unspecified atom stereocenters. The van der Waals surface area contributed by atoms with E-state index in [0.717, 1.165) is 13.6 Å². The fourth-order valence-electron chi connectivity index (χ4n) is 1.85. The lowest BCUT2D eigenvalue weighted by atomic mass is 10.1. The second-order valence-electron chi connectivity index (χ2n) is 4.34. The number of rotatable bonds is 3. The summed E-state index contributed by atoms with van der Waals surface area (Å²) in [7, 11) is 0. The van der Waals surface area contributed by atoms with Crippen molar-refractivity contribution in [3.8, 4) is 0 Å². The number of carbonyl (C=O) groups is 1. The zero-order chi connectivity index (χ0) is 14.7. The maximum atomic E-state index is 12.3. The number of nitrogens with one attached hydrogen (secondary N) is 1. The lowest BCUT2D eigenvalue weighted by Crippen LogP contribution is -2.27. The van der Waals surface area contributed by atoms with Gasteiger partial charge in [0.15, 0.2) is 0 Å². The Hall–Kier alpha value is -0.590. The fraction of sp³-hybridized carbons (Fsp3) is 0.133. The molecule has 20 heavy (non-hydrogen) atoms. The number of hydrogen-bond donors (Lipinski definition) is 1. The van der Waals surface area contributed by atoms with Gasteiger partial charge in [-0.2, -0.15) is 0 Å². The Morgan fingerprint density at radius 2 is 2.00 bits per heavy atom. The molecule has 0 bridgehead atoms. The van der Waals surface area contributed by atoms with Gasteiger partial charge in [-0.1, -0.05) is 45.7 Å². The van der Waals surface area contributed by atoms with Crippen LogP contribution in [0.5, 0.6) is 0 Å².